The standard InChI is InChI=1S/C14H20N2O2S/c1-3-18-14(17)10-4-5-13(12(15)8-10)16(2)11-6-7-19-9-11/h4-5,8,11H,3,6-7,9,15H2,1-2H3. The fraction of sp³-hybridized carbons (Fsp3) is 0.500. The van der Waals surface area contributed by atoms with Crippen molar-refractivity contribution in [2.75, 3.05) is 35.8 Å². The summed E-state index contributed by atoms with van der Waals surface area (Å²) in [6.07, 6.45) is 1.18. The molecule has 1 atom stereocenters. The number of carbonyl (C=O) groups is 1. The lowest BCUT2D eigenvalue weighted by Gasteiger charge is -2.27. The number of carbonyl (C=O) groups excluding carboxylic acids is 1. The van der Waals surface area contributed by atoms with E-state index in [0.717, 1.165) is 11.4 Å². The number of thioether (sulfide) groups is 1. The van der Waals surface area contributed by atoms with Crippen molar-refractivity contribution in [2.24, 2.45) is 0 Å². The van der Waals surface area contributed by atoms with E-state index in [0.29, 0.717) is 23.9 Å². The average Bonchev–Trinajstić information content (AvgIpc) is 2.92. The Morgan fingerprint density at radius 1 is 1.58 bits per heavy atom. The predicted molar refractivity (Wildman–Crippen MR) is 80.9 cm³/mol. The van der Waals surface area contributed by atoms with Crippen molar-refractivity contribution in [3.05, 3.63) is 23.8 Å². The van der Waals surface area contributed by atoms with Crippen LogP contribution in [0.15, 0.2) is 18.2 Å². The Labute approximate surface area is 118 Å². The topological polar surface area (TPSA) is 55.6 Å². The summed E-state index contributed by atoms with van der Waals surface area (Å²) in [6.45, 7) is 2.17. The van der Waals surface area contributed by atoms with E-state index in [-0.39, 0.29) is 5.97 Å². The summed E-state index contributed by atoms with van der Waals surface area (Å²) < 4.78 is 4.97. The first-order valence-corrected chi connectivity index (χ1v) is 7.66. The van der Waals surface area contributed by atoms with Gasteiger partial charge in [-0.3, -0.25) is 0 Å². The molecule has 1 heterocycles. The molecular weight excluding hydrogens is 260 g/mol. The van der Waals surface area contributed by atoms with Crippen LogP contribution in [0.25, 0.3) is 0 Å². The van der Waals surface area contributed by atoms with Crippen LogP contribution in [-0.2, 0) is 4.74 Å². The zero-order chi connectivity index (χ0) is 13.8. The summed E-state index contributed by atoms with van der Waals surface area (Å²) in [7, 11) is 2.06. The lowest BCUT2D eigenvalue weighted by Crippen LogP contribution is -2.31. The maximum Gasteiger partial charge on any atom is 0.338 e. The van der Waals surface area contributed by atoms with Crippen molar-refractivity contribution in [3.63, 3.8) is 0 Å². The molecule has 104 valence electrons. The lowest BCUT2D eigenvalue weighted by atomic mass is 10.1. The van der Waals surface area contributed by atoms with Gasteiger partial charge in [0, 0.05) is 18.8 Å². The number of nitrogens with zero attached hydrogens (tertiary/aromatic N) is 1. The first-order chi connectivity index (χ1) is 9.13. The highest BCUT2D eigenvalue weighted by molar-refractivity contribution is 7.99. The van der Waals surface area contributed by atoms with Crippen molar-refractivity contribution in [3.8, 4) is 0 Å². The van der Waals surface area contributed by atoms with Crippen molar-refractivity contribution in [2.45, 2.75) is 19.4 Å². The molecule has 0 aromatic heterocycles. The van der Waals surface area contributed by atoms with Crippen LogP contribution >= 0.6 is 11.8 Å². The van der Waals surface area contributed by atoms with Crippen LogP contribution in [0, 0.1) is 0 Å². The molecule has 1 aromatic rings. The molecule has 0 saturated carbocycles. The van der Waals surface area contributed by atoms with Gasteiger partial charge in [-0.15, -0.1) is 0 Å². The van der Waals surface area contributed by atoms with Gasteiger partial charge in [-0.2, -0.15) is 11.8 Å². The fourth-order valence-corrected chi connectivity index (χ4v) is 3.51. The molecule has 1 aromatic carbocycles. The fourth-order valence-electron chi connectivity index (χ4n) is 2.24. The largest absolute Gasteiger partial charge is 0.462 e. The monoisotopic (exact) mass is 280 g/mol. The Balaban J connectivity index is 2.16. The van der Waals surface area contributed by atoms with E-state index in [9.17, 15) is 4.79 Å². The third-order valence-electron chi connectivity index (χ3n) is 3.37. The summed E-state index contributed by atoms with van der Waals surface area (Å²) in [5, 5.41) is 0. The number of hydrogen-bond donors (Lipinski definition) is 1. The number of esters is 1. The number of nitrogen functional groups attached to an aromatic ring is 1. The first kappa shape index (κ1) is 14.1. The summed E-state index contributed by atoms with van der Waals surface area (Å²) in [5.74, 6) is 2.02. The zero-order valence-corrected chi connectivity index (χ0v) is 12.2. The maximum absolute atomic E-state index is 11.6. The van der Waals surface area contributed by atoms with E-state index in [1.807, 2.05) is 17.8 Å². The molecule has 1 aliphatic heterocycles. The van der Waals surface area contributed by atoms with Gasteiger partial charge in [-0.05, 0) is 37.3 Å². The molecule has 1 unspecified atom stereocenters. The molecule has 0 bridgehead atoms. The average molecular weight is 280 g/mol. The van der Waals surface area contributed by atoms with Crippen molar-refractivity contribution in [1.82, 2.24) is 0 Å². The highest BCUT2D eigenvalue weighted by Gasteiger charge is 2.22. The summed E-state index contributed by atoms with van der Waals surface area (Å²) in [4.78, 5) is 13.9. The van der Waals surface area contributed by atoms with E-state index in [4.69, 9.17) is 10.5 Å². The Morgan fingerprint density at radius 3 is 2.95 bits per heavy atom. The molecule has 1 fully saturated rings. The number of hydrogen-bond acceptors (Lipinski definition) is 5. The smallest absolute Gasteiger partial charge is 0.338 e. The van der Waals surface area contributed by atoms with Gasteiger partial charge in [0.1, 0.15) is 0 Å². The van der Waals surface area contributed by atoms with Gasteiger partial charge < -0.3 is 15.4 Å². The zero-order valence-electron chi connectivity index (χ0n) is 11.4. The third kappa shape index (κ3) is 3.15. The van der Waals surface area contributed by atoms with E-state index in [1.54, 1.807) is 19.1 Å². The van der Waals surface area contributed by atoms with Crippen molar-refractivity contribution < 1.29 is 9.53 Å². The van der Waals surface area contributed by atoms with E-state index in [1.165, 1.54) is 12.2 Å². The van der Waals surface area contributed by atoms with Crippen LogP contribution in [0.3, 0.4) is 0 Å². The number of nitrogens with two attached hydrogens (primary N) is 1. The SMILES string of the molecule is CCOC(=O)c1ccc(N(C)C2CCSC2)c(N)c1. The molecule has 2 rings (SSSR count). The van der Waals surface area contributed by atoms with Crippen LogP contribution in [0.4, 0.5) is 11.4 Å². The Kier molecular flexibility index (Phi) is 4.58. The van der Waals surface area contributed by atoms with Crippen LogP contribution in [0.1, 0.15) is 23.7 Å². The molecule has 1 saturated heterocycles. The van der Waals surface area contributed by atoms with E-state index >= 15 is 0 Å². The number of rotatable bonds is 4. The summed E-state index contributed by atoms with van der Waals surface area (Å²) >= 11 is 1.97. The number of ether oxygens (including phenoxy) is 1. The number of benzene rings is 1. The van der Waals surface area contributed by atoms with E-state index < -0.39 is 0 Å². The Hall–Kier alpha value is -1.36. The molecule has 0 aliphatic carbocycles. The number of anilines is 2. The minimum atomic E-state index is -0.320. The maximum atomic E-state index is 11.6. The van der Waals surface area contributed by atoms with Gasteiger partial charge in [0.2, 0.25) is 0 Å². The minimum Gasteiger partial charge on any atom is -0.462 e. The van der Waals surface area contributed by atoms with Gasteiger partial charge in [0.05, 0.1) is 23.5 Å². The van der Waals surface area contributed by atoms with Gasteiger partial charge >= 0.3 is 5.97 Å². The second kappa shape index (κ2) is 6.19. The lowest BCUT2D eigenvalue weighted by molar-refractivity contribution is 0.0526. The molecular formula is C14H20N2O2S. The molecule has 0 radical (unpaired) electrons. The molecule has 2 N–H and O–H groups in total. The van der Waals surface area contributed by atoms with Gasteiger partial charge in [0.15, 0.2) is 0 Å². The molecule has 0 amide bonds. The Morgan fingerprint density at radius 2 is 2.37 bits per heavy atom. The Bertz CT molecular complexity index is 459. The van der Waals surface area contributed by atoms with Crippen LogP contribution < -0.4 is 10.6 Å². The second-order valence-corrected chi connectivity index (χ2v) is 5.77. The van der Waals surface area contributed by atoms with Gasteiger partial charge in [-0.1, -0.05) is 0 Å². The first-order valence-electron chi connectivity index (χ1n) is 6.50. The van der Waals surface area contributed by atoms with Crippen LogP contribution in [0.5, 0.6) is 0 Å². The van der Waals surface area contributed by atoms with Gasteiger partial charge in [-0.25, -0.2) is 4.79 Å². The second-order valence-electron chi connectivity index (χ2n) is 4.62. The summed E-state index contributed by atoms with van der Waals surface area (Å²) in [5.41, 5.74) is 8.20. The third-order valence-corrected chi connectivity index (χ3v) is 4.52. The highest BCUT2D eigenvalue weighted by atomic mass is 32.2. The quantitative estimate of drug-likeness (QED) is 0.678. The van der Waals surface area contributed by atoms with Crippen LogP contribution in [-0.4, -0.2) is 37.2 Å². The normalized spacial score (nSPS) is 18.3. The minimum absolute atomic E-state index is 0.320. The molecule has 5 heteroatoms. The molecule has 1 aliphatic rings. The van der Waals surface area contributed by atoms with Crippen molar-refractivity contribution in [1.29, 1.82) is 0 Å². The van der Waals surface area contributed by atoms with Crippen LogP contribution in [0.2, 0.25) is 0 Å². The molecule has 4 nitrogen and oxygen atoms in total. The van der Waals surface area contributed by atoms with Crippen molar-refractivity contribution >= 4 is 29.1 Å². The highest BCUT2D eigenvalue weighted by Crippen LogP contribution is 2.30. The molecule has 0 spiro atoms. The molecule has 19 heavy (non-hydrogen) atoms. The van der Waals surface area contributed by atoms with Gasteiger partial charge in [0.25, 0.3) is 0 Å². The summed E-state index contributed by atoms with van der Waals surface area (Å²) in [6, 6.07) is 5.92. The predicted octanol–water partition coefficient (Wildman–Crippen LogP) is 2.39. The van der Waals surface area contributed by atoms with E-state index in [2.05, 4.69) is 11.9 Å².